The third-order valence-electron chi connectivity index (χ3n) is 2.51. The van der Waals surface area contributed by atoms with Crippen LogP contribution in [0.5, 0.6) is 0 Å². The van der Waals surface area contributed by atoms with Crippen molar-refractivity contribution in [3.05, 3.63) is 0 Å². The van der Waals surface area contributed by atoms with E-state index in [1.54, 1.807) is 13.8 Å². The average Bonchev–Trinajstić information content (AvgIpc) is 2.30. The van der Waals surface area contributed by atoms with Gasteiger partial charge in [-0.3, -0.25) is 0 Å². The maximum atomic E-state index is 11.1. The SMILES string of the molecule is CC(C)(O)CCC[C@@]1(O)CCOC1=O. The summed E-state index contributed by atoms with van der Waals surface area (Å²) in [6, 6.07) is 0. The Hall–Kier alpha value is -0.610. The molecule has 0 radical (unpaired) electrons. The van der Waals surface area contributed by atoms with E-state index in [9.17, 15) is 15.0 Å². The van der Waals surface area contributed by atoms with E-state index in [1.165, 1.54) is 0 Å². The number of aliphatic hydroxyl groups is 2. The van der Waals surface area contributed by atoms with Gasteiger partial charge in [0.1, 0.15) is 0 Å². The number of ether oxygens (including phenoxy) is 1. The summed E-state index contributed by atoms with van der Waals surface area (Å²) in [6.07, 6.45) is 1.94. The molecule has 4 nitrogen and oxygen atoms in total. The zero-order valence-corrected chi connectivity index (χ0v) is 8.75. The Morgan fingerprint density at radius 3 is 2.64 bits per heavy atom. The fourth-order valence-corrected chi connectivity index (χ4v) is 1.59. The van der Waals surface area contributed by atoms with Gasteiger partial charge in [-0.15, -0.1) is 0 Å². The molecule has 4 heteroatoms. The van der Waals surface area contributed by atoms with Crippen LogP contribution >= 0.6 is 0 Å². The van der Waals surface area contributed by atoms with Gasteiger partial charge in [0.25, 0.3) is 0 Å². The lowest BCUT2D eigenvalue weighted by Crippen LogP contribution is -2.34. The zero-order valence-electron chi connectivity index (χ0n) is 8.75. The summed E-state index contributed by atoms with van der Waals surface area (Å²) in [7, 11) is 0. The molecule has 2 N–H and O–H groups in total. The minimum atomic E-state index is -1.30. The van der Waals surface area contributed by atoms with Crippen LogP contribution in [-0.2, 0) is 9.53 Å². The van der Waals surface area contributed by atoms with Crippen molar-refractivity contribution in [2.24, 2.45) is 0 Å². The molecule has 0 spiro atoms. The van der Waals surface area contributed by atoms with Crippen LogP contribution in [0.4, 0.5) is 0 Å². The Balaban J connectivity index is 2.34. The largest absolute Gasteiger partial charge is 0.463 e. The number of hydrogen-bond acceptors (Lipinski definition) is 4. The summed E-state index contributed by atoms with van der Waals surface area (Å²) in [6.45, 7) is 3.73. The molecule has 0 aromatic carbocycles. The third kappa shape index (κ3) is 2.96. The number of hydrogen-bond donors (Lipinski definition) is 2. The first-order valence-electron chi connectivity index (χ1n) is 4.95. The van der Waals surface area contributed by atoms with Crippen LogP contribution < -0.4 is 0 Å². The molecular formula is C10H18O4. The minimum Gasteiger partial charge on any atom is -0.463 e. The number of cyclic esters (lactones) is 1. The van der Waals surface area contributed by atoms with Crippen LogP contribution in [0.25, 0.3) is 0 Å². The van der Waals surface area contributed by atoms with Gasteiger partial charge in [0.2, 0.25) is 0 Å². The average molecular weight is 202 g/mol. The lowest BCUT2D eigenvalue weighted by Gasteiger charge is -2.21. The molecule has 0 amide bonds. The first kappa shape index (κ1) is 11.5. The molecule has 14 heavy (non-hydrogen) atoms. The molecule has 1 saturated heterocycles. The van der Waals surface area contributed by atoms with E-state index in [0.717, 1.165) is 0 Å². The summed E-state index contributed by atoms with van der Waals surface area (Å²) in [5.74, 6) is -0.520. The van der Waals surface area contributed by atoms with Crippen molar-refractivity contribution in [1.29, 1.82) is 0 Å². The smallest absolute Gasteiger partial charge is 0.338 e. The highest BCUT2D eigenvalue weighted by molar-refractivity contribution is 5.80. The van der Waals surface area contributed by atoms with Crippen LogP contribution in [0.1, 0.15) is 39.5 Å². The van der Waals surface area contributed by atoms with Gasteiger partial charge in [0.05, 0.1) is 12.2 Å². The monoisotopic (exact) mass is 202 g/mol. The van der Waals surface area contributed by atoms with E-state index in [1.807, 2.05) is 0 Å². The molecule has 82 valence electrons. The zero-order chi connectivity index (χ0) is 10.8. The van der Waals surface area contributed by atoms with E-state index < -0.39 is 17.2 Å². The summed E-state index contributed by atoms with van der Waals surface area (Å²) in [5, 5.41) is 19.2. The van der Waals surface area contributed by atoms with Gasteiger partial charge >= 0.3 is 5.97 Å². The normalized spacial score (nSPS) is 27.9. The maximum absolute atomic E-state index is 11.1. The molecule has 0 saturated carbocycles. The molecule has 1 heterocycles. The van der Waals surface area contributed by atoms with Crippen molar-refractivity contribution < 1.29 is 19.7 Å². The van der Waals surface area contributed by atoms with Gasteiger partial charge < -0.3 is 14.9 Å². The predicted molar refractivity (Wildman–Crippen MR) is 50.7 cm³/mol. The molecule has 1 aliphatic heterocycles. The quantitative estimate of drug-likeness (QED) is 0.655. The Morgan fingerprint density at radius 1 is 1.57 bits per heavy atom. The number of esters is 1. The number of carbonyl (C=O) groups is 1. The van der Waals surface area contributed by atoms with Crippen molar-refractivity contribution in [3.8, 4) is 0 Å². The lowest BCUT2D eigenvalue weighted by atomic mass is 9.92. The summed E-state index contributed by atoms with van der Waals surface area (Å²) in [5.41, 5.74) is -2.04. The van der Waals surface area contributed by atoms with Gasteiger partial charge in [0.15, 0.2) is 5.60 Å². The summed E-state index contributed by atoms with van der Waals surface area (Å²) in [4.78, 5) is 11.1. The summed E-state index contributed by atoms with van der Waals surface area (Å²) < 4.78 is 4.70. The van der Waals surface area contributed by atoms with E-state index >= 15 is 0 Å². The minimum absolute atomic E-state index is 0.303. The molecular weight excluding hydrogens is 184 g/mol. The molecule has 0 aromatic rings. The second-order valence-corrected chi connectivity index (χ2v) is 4.58. The Kier molecular flexibility index (Phi) is 3.17. The van der Waals surface area contributed by atoms with Crippen molar-refractivity contribution in [1.82, 2.24) is 0 Å². The molecule has 0 bridgehead atoms. The first-order valence-corrected chi connectivity index (χ1v) is 4.95. The standard InChI is InChI=1S/C10H18O4/c1-9(2,12)4-3-5-10(13)6-7-14-8(10)11/h12-13H,3-7H2,1-2H3/t10-/m1/s1. The fraction of sp³-hybridized carbons (Fsp3) is 0.900. The Bertz CT molecular complexity index is 219. The Labute approximate surface area is 83.9 Å². The number of rotatable bonds is 4. The van der Waals surface area contributed by atoms with Crippen LogP contribution in [0.15, 0.2) is 0 Å². The molecule has 0 aliphatic carbocycles. The Morgan fingerprint density at radius 2 is 2.21 bits per heavy atom. The van der Waals surface area contributed by atoms with Crippen LogP contribution in [0.2, 0.25) is 0 Å². The van der Waals surface area contributed by atoms with Crippen molar-refractivity contribution in [2.45, 2.75) is 50.7 Å². The van der Waals surface area contributed by atoms with Crippen molar-refractivity contribution in [3.63, 3.8) is 0 Å². The second kappa shape index (κ2) is 3.87. The van der Waals surface area contributed by atoms with E-state index in [2.05, 4.69) is 0 Å². The fourth-order valence-electron chi connectivity index (χ4n) is 1.59. The van der Waals surface area contributed by atoms with E-state index in [-0.39, 0.29) is 0 Å². The van der Waals surface area contributed by atoms with Crippen LogP contribution in [0, 0.1) is 0 Å². The molecule has 1 atom stereocenters. The van der Waals surface area contributed by atoms with Gasteiger partial charge in [-0.2, -0.15) is 0 Å². The second-order valence-electron chi connectivity index (χ2n) is 4.58. The molecule has 1 aliphatic rings. The van der Waals surface area contributed by atoms with Crippen molar-refractivity contribution >= 4 is 5.97 Å². The topological polar surface area (TPSA) is 66.8 Å². The van der Waals surface area contributed by atoms with E-state index in [4.69, 9.17) is 4.74 Å². The summed E-state index contributed by atoms with van der Waals surface area (Å²) >= 11 is 0. The lowest BCUT2D eigenvalue weighted by molar-refractivity contribution is -0.153. The third-order valence-corrected chi connectivity index (χ3v) is 2.51. The van der Waals surface area contributed by atoms with E-state index in [0.29, 0.717) is 32.3 Å². The van der Waals surface area contributed by atoms with Gasteiger partial charge in [0, 0.05) is 6.42 Å². The highest BCUT2D eigenvalue weighted by Crippen LogP contribution is 2.27. The van der Waals surface area contributed by atoms with Gasteiger partial charge in [-0.25, -0.2) is 4.79 Å². The van der Waals surface area contributed by atoms with Crippen LogP contribution in [-0.4, -0.2) is 34.0 Å². The molecule has 1 rings (SSSR count). The predicted octanol–water partition coefficient (Wildman–Crippen LogP) is 0.606. The highest BCUT2D eigenvalue weighted by atomic mass is 16.6. The van der Waals surface area contributed by atoms with Crippen molar-refractivity contribution in [2.75, 3.05) is 6.61 Å². The molecule has 0 unspecified atom stereocenters. The molecule has 0 aromatic heterocycles. The maximum Gasteiger partial charge on any atom is 0.338 e. The molecule has 1 fully saturated rings. The van der Waals surface area contributed by atoms with Gasteiger partial charge in [-0.1, -0.05) is 0 Å². The van der Waals surface area contributed by atoms with Crippen LogP contribution in [0.3, 0.4) is 0 Å². The first-order chi connectivity index (χ1) is 6.33. The number of carbonyl (C=O) groups excluding carboxylic acids is 1. The highest BCUT2D eigenvalue weighted by Gasteiger charge is 2.42. The van der Waals surface area contributed by atoms with Gasteiger partial charge in [-0.05, 0) is 33.1 Å².